The smallest absolute Gasteiger partial charge is 0.321 e. The number of amides is 1. The molecule has 0 aromatic heterocycles. The third kappa shape index (κ3) is 13.4. The lowest BCUT2D eigenvalue weighted by atomic mass is 9.43. The molecule has 17 nitrogen and oxygen atoms in total. The van der Waals surface area contributed by atoms with Gasteiger partial charge in [-0.1, -0.05) is 32.9 Å². The number of fused-ring (bicyclic) bond motifs is 5. The Labute approximate surface area is 392 Å². The van der Waals surface area contributed by atoms with E-state index in [1.165, 1.54) is 0 Å². The Morgan fingerprint density at radius 2 is 1.44 bits per heavy atom. The molecular formula is C44H69Cl2N5O12S. The molecule has 1 aromatic carbocycles. The van der Waals surface area contributed by atoms with Crippen LogP contribution < -0.4 is 16.0 Å². The molecule has 4 fully saturated rings. The fraction of sp³-hybridized carbons (Fsp3) is 0.727. The van der Waals surface area contributed by atoms with Crippen molar-refractivity contribution in [1.82, 2.24) is 20.4 Å². The Morgan fingerprint density at radius 3 is 2.05 bits per heavy atom. The van der Waals surface area contributed by atoms with Gasteiger partial charge in [-0.05, 0) is 134 Å². The van der Waals surface area contributed by atoms with Gasteiger partial charge in [0, 0.05) is 38.3 Å². The summed E-state index contributed by atoms with van der Waals surface area (Å²) in [6.45, 7) is 5.18. The number of hydrogen-bond acceptors (Lipinski definition) is 11. The molecule has 4 aliphatic rings. The van der Waals surface area contributed by atoms with Crippen molar-refractivity contribution >= 4 is 77.6 Å². The second-order valence-electron chi connectivity index (χ2n) is 18.9. The molecule has 3 unspecified atom stereocenters. The van der Waals surface area contributed by atoms with Crippen LogP contribution in [0.4, 0.5) is 5.69 Å². The van der Waals surface area contributed by atoms with Gasteiger partial charge in [0.2, 0.25) is 5.91 Å². The Kier molecular flexibility index (Phi) is 20.5. The van der Waals surface area contributed by atoms with Crippen LogP contribution in [0.3, 0.4) is 0 Å². The predicted molar refractivity (Wildman–Crippen MR) is 247 cm³/mol. The van der Waals surface area contributed by atoms with Gasteiger partial charge in [0.25, 0.3) is 0 Å². The molecule has 4 aliphatic carbocycles. The summed E-state index contributed by atoms with van der Waals surface area (Å²) in [7, 11) is 0. The Balaban J connectivity index is 0.00000544. The molecule has 10 N–H and O–H groups in total. The predicted octanol–water partition coefficient (Wildman–Crippen LogP) is 3.16. The molecule has 4 saturated carbocycles. The molecule has 0 saturated heterocycles. The number of carboxylic acid groups (broad SMARTS) is 4. The van der Waals surface area contributed by atoms with Crippen molar-refractivity contribution < 1.29 is 59.7 Å². The lowest BCUT2D eigenvalue weighted by molar-refractivity contribution is -0.207. The summed E-state index contributed by atoms with van der Waals surface area (Å²) in [5.74, 6) is -3.88. The number of carboxylic acids is 4. The molecule has 0 radical (unpaired) electrons. The van der Waals surface area contributed by atoms with Crippen molar-refractivity contribution in [2.45, 2.75) is 109 Å². The van der Waals surface area contributed by atoms with Gasteiger partial charge >= 0.3 is 23.9 Å². The quantitative estimate of drug-likeness (QED) is 0.0626. The zero-order valence-electron chi connectivity index (χ0n) is 36.9. The number of aliphatic carboxylic acids is 4. The molecule has 362 valence electrons. The minimum atomic E-state index is -1.30. The summed E-state index contributed by atoms with van der Waals surface area (Å²) in [6, 6.07) is 5.40. The van der Waals surface area contributed by atoms with Crippen LogP contribution in [-0.4, -0.2) is 151 Å². The summed E-state index contributed by atoms with van der Waals surface area (Å²) in [6.07, 6.45) is 5.53. The van der Waals surface area contributed by atoms with Crippen molar-refractivity contribution in [2.24, 2.45) is 46.3 Å². The molecule has 0 heterocycles. The van der Waals surface area contributed by atoms with Gasteiger partial charge in [-0.3, -0.25) is 33.8 Å². The number of benzene rings is 1. The SMILES string of the molecule is C[C@H](CCC(=O)NCCNC(=S)Nc1ccc(C[C@@H](C(=O)O)N(CCN(CC(=O)O)CC(=O)O)CC(=O)O)cc1)[C@H]1CCC2C3C(C[C@H](O)[C@@]21C)[C@@]1(C)CC[C@@H](O)C[C@H]1C[C@H]3O.Cl.Cl. The van der Waals surface area contributed by atoms with Gasteiger partial charge in [-0.2, -0.15) is 0 Å². The number of carbonyl (C=O) groups excluding carboxylic acids is 1. The maximum Gasteiger partial charge on any atom is 0.321 e. The molecule has 0 spiro atoms. The normalized spacial score (nSPS) is 30.2. The first-order valence-corrected chi connectivity index (χ1v) is 22.4. The topological polar surface area (TPSA) is 270 Å². The minimum Gasteiger partial charge on any atom is -0.480 e. The highest BCUT2D eigenvalue weighted by Crippen LogP contribution is 2.68. The summed E-state index contributed by atoms with van der Waals surface area (Å²) in [5.41, 5.74) is 0.868. The lowest BCUT2D eigenvalue weighted by Crippen LogP contribution is -2.62. The number of aliphatic hydroxyl groups is 3. The largest absolute Gasteiger partial charge is 0.480 e. The number of thiocarbonyl (C=S) groups is 1. The van der Waals surface area contributed by atoms with Gasteiger partial charge in [0.15, 0.2) is 5.11 Å². The number of nitrogens with one attached hydrogen (secondary N) is 3. The number of hydrogen-bond donors (Lipinski definition) is 10. The van der Waals surface area contributed by atoms with Crippen molar-refractivity contribution in [2.75, 3.05) is 51.1 Å². The Hall–Kier alpha value is -3.36. The van der Waals surface area contributed by atoms with E-state index >= 15 is 0 Å². The standard InChI is InChI=1S/C44H67N5O12S.2ClH/c1-25(30-9-10-31-40-32(21-35(52)44(30,31)3)43(2)13-12-29(50)19-27(43)20-34(40)51)4-11-36(53)45-14-15-46-42(62)47-28-7-5-26(6-8-28)18-33(41(60)61)49(24-39(58)59)17-16-48(22-37(54)55)23-38(56)57;;/h5-8,25,27,29-35,40,50-52H,4,9-24H2,1-3H3,(H,45,53)(H,54,55)(H,56,57)(H,58,59)(H,60,61)(H2,46,47,62);2*1H/t25-,27+,29-,30-,31?,32?,33+,34-,35+,40?,43+,44-;;/m1../s1. The number of nitrogens with zero attached hydrogens (tertiary/aromatic N) is 2. The first-order valence-electron chi connectivity index (χ1n) is 22.0. The zero-order valence-corrected chi connectivity index (χ0v) is 39.3. The molecule has 20 heteroatoms. The average molecular weight is 963 g/mol. The molecule has 0 aliphatic heterocycles. The van der Waals surface area contributed by atoms with Gasteiger partial charge in [-0.25, -0.2) is 0 Å². The fourth-order valence-electron chi connectivity index (χ4n) is 12.0. The van der Waals surface area contributed by atoms with Crippen molar-refractivity contribution in [3.8, 4) is 0 Å². The molecule has 1 amide bonds. The Morgan fingerprint density at radius 1 is 0.812 bits per heavy atom. The molecular weight excluding hydrogens is 893 g/mol. The number of anilines is 1. The monoisotopic (exact) mass is 961 g/mol. The third-order valence-electron chi connectivity index (χ3n) is 15.2. The zero-order chi connectivity index (χ0) is 45.5. The van der Waals surface area contributed by atoms with E-state index in [1.807, 2.05) is 0 Å². The van der Waals surface area contributed by atoms with Crippen molar-refractivity contribution in [3.05, 3.63) is 29.8 Å². The van der Waals surface area contributed by atoms with E-state index < -0.39 is 61.8 Å². The highest BCUT2D eigenvalue weighted by Gasteiger charge is 2.65. The molecule has 12 atom stereocenters. The highest BCUT2D eigenvalue weighted by atomic mass is 35.5. The fourth-order valence-corrected chi connectivity index (χ4v) is 12.3. The van der Waals surface area contributed by atoms with E-state index in [0.717, 1.165) is 48.3 Å². The number of rotatable bonds is 21. The van der Waals surface area contributed by atoms with Gasteiger partial charge in [0.05, 0.1) is 37.9 Å². The van der Waals surface area contributed by atoms with E-state index in [9.17, 15) is 49.5 Å². The Bertz CT molecular complexity index is 1770. The number of carbonyl (C=O) groups is 5. The second kappa shape index (κ2) is 23.9. The summed E-state index contributed by atoms with van der Waals surface area (Å²) < 4.78 is 0. The summed E-state index contributed by atoms with van der Waals surface area (Å²) in [4.78, 5) is 61.4. The average Bonchev–Trinajstić information content (AvgIpc) is 3.55. The summed E-state index contributed by atoms with van der Waals surface area (Å²) >= 11 is 5.43. The van der Waals surface area contributed by atoms with E-state index in [2.05, 4.69) is 36.7 Å². The number of halogens is 2. The molecule has 5 rings (SSSR count). The van der Waals surface area contributed by atoms with E-state index in [0.29, 0.717) is 48.7 Å². The molecule has 64 heavy (non-hydrogen) atoms. The van der Waals surface area contributed by atoms with Crippen LogP contribution in [0.25, 0.3) is 0 Å². The van der Waals surface area contributed by atoms with Crippen molar-refractivity contribution in [1.29, 1.82) is 0 Å². The molecule has 0 bridgehead atoms. The van der Waals surface area contributed by atoms with Crippen LogP contribution in [-0.2, 0) is 30.4 Å². The van der Waals surface area contributed by atoms with Crippen LogP contribution in [0.1, 0.15) is 84.1 Å². The van der Waals surface area contributed by atoms with E-state index in [4.69, 9.17) is 22.4 Å². The molecule has 1 aromatic rings. The number of aliphatic hydroxyl groups excluding tert-OH is 3. The second-order valence-corrected chi connectivity index (χ2v) is 19.3. The van der Waals surface area contributed by atoms with Crippen LogP contribution in [0, 0.1) is 46.3 Å². The first-order chi connectivity index (χ1) is 29.2. The van der Waals surface area contributed by atoms with Gasteiger partial charge in [0.1, 0.15) is 6.04 Å². The van der Waals surface area contributed by atoms with Crippen LogP contribution in [0.2, 0.25) is 0 Å². The van der Waals surface area contributed by atoms with Crippen molar-refractivity contribution in [3.63, 3.8) is 0 Å². The third-order valence-corrected chi connectivity index (χ3v) is 15.5. The highest BCUT2D eigenvalue weighted by molar-refractivity contribution is 7.80. The summed E-state index contributed by atoms with van der Waals surface area (Å²) in [5, 5.41) is 80.9. The maximum absolute atomic E-state index is 12.9. The minimum absolute atomic E-state index is 0. The van der Waals surface area contributed by atoms with Crippen LogP contribution >= 0.6 is 37.0 Å². The van der Waals surface area contributed by atoms with Crippen LogP contribution in [0.5, 0.6) is 0 Å². The van der Waals surface area contributed by atoms with E-state index in [1.54, 1.807) is 24.3 Å². The lowest BCUT2D eigenvalue weighted by Gasteiger charge is -2.63. The maximum atomic E-state index is 12.9. The van der Waals surface area contributed by atoms with Gasteiger partial charge in [-0.15, -0.1) is 24.8 Å². The van der Waals surface area contributed by atoms with Gasteiger partial charge < -0.3 is 51.7 Å². The van der Waals surface area contributed by atoms with Crippen LogP contribution in [0.15, 0.2) is 24.3 Å². The van der Waals surface area contributed by atoms with E-state index in [-0.39, 0.29) is 103 Å². The first kappa shape index (κ1) is 55.0.